The molecule has 5 heteroatoms. The van der Waals surface area contributed by atoms with Gasteiger partial charge in [-0.2, -0.15) is 0 Å². The summed E-state index contributed by atoms with van der Waals surface area (Å²) in [5, 5.41) is 2.30. The van der Waals surface area contributed by atoms with Gasteiger partial charge in [-0.05, 0) is 218 Å². The van der Waals surface area contributed by atoms with E-state index >= 15 is 0 Å². The molecule has 7 aliphatic rings. The molecule has 2 unspecified atom stereocenters. The number of hydrogen-bond acceptors (Lipinski definition) is 4. The monoisotopic (exact) mass is 1120 g/mol. The van der Waals surface area contributed by atoms with Crippen LogP contribution in [-0.4, -0.2) is 12.3 Å². The Hall–Kier alpha value is -6.98. The van der Waals surface area contributed by atoms with Gasteiger partial charge in [0.15, 0.2) is 5.58 Å². The summed E-state index contributed by atoms with van der Waals surface area (Å²) in [4.78, 5) is 8.36. The summed E-state index contributed by atoms with van der Waals surface area (Å²) >= 11 is 0. The zero-order chi connectivity index (χ0) is 58.9. The molecule has 9 aromatic rings. The van der Waals surface area contributed by atoms with Crippen molar-refractivity contribution in [1.82, 2.24) is 0 Å². The Kier molecular flexibility index (Phi) is 10.9. The number of fused-ring (bicyclic) bond motifs is 13. The molecule has 4 heterocycles. The van der Waals surface area contributed by atoms with Crippen LogP contribution in [0, 0.1) is 0 Å². The number of anilines is 8. The predicted molar refractivity (Wildman–Crippen MR) is 362 cm³/mol. The fourth-order valence-electron chi connectivity index (χ4n) is 18.3. The third kappa shape index (κ3) is 7.34. The molecule has 0 radical (unpaired) electrons. The molecule has 0 N–H and O–H groups in total. The van der Waals surface area contributed by atoms with Crippen molar-refractivity contribution < 1.29 is 4.42 Å². The molecular weight excluding hydrogens is 1030 g/mol. The molecule has 4 nitrogen and oxygen atoms in total. The van der Waals surface area contributed by atoms with E-state index in [1.165, 1.54) is 126 Å². The highest BCUT2D eigenvalue weighted by Crippen LogP contribution is 2.63. The number of rotatable bonds is 4. The van der Waals surface area contributed by atoms with E-state index in [1.807, 2.05) is 0 Å². The van der Waals surface area contributed by atoms with Gasteiger partial charge in [-0.25, -0.2) is 0 Å². The molecule has 0 spiro atoms. The molecule has 2 atom stereocenters. The van der Waals surface area contributed by atoms with Crippen LogP contribution in [-0.2, 0) is 37.9 Å². The van der Waals surface area contributed by atoms with Crippen LogP contribution < -0.4 is 31.1 Å². The number of hydrogen-bond donors (Lipinski definition) is 0. The lowest BCUT2D eigenvalue weighted by Gasteiger charge is -2.51. The Morgan fingerprint density at radius 2 is 0.882 bits per heavy atom. The molecule has 1 saturated carbocycles. The van der Waals surface area contributed by atoms with Gasteiger partial charge in [0.2, 0.25) is 0 Å². The Morgan fingerprint density at radius 3 is 1.52 bits per heavy atom. The number of nitrogens with zero attached hydrogens (tertiary/aromatic N) is 3. The van der Waals surface area contributed by atoms with E-state index in [4.69, 9.17) is 4.42 Å². The van der Waals surface area contributed by atoms with Crippen molar-refractivity contribution in [3.63, 3.8) is 0 Å². The van der Waals surface area contributed by atoms with Crippen LogP contribution in [0.3, 0.4) is 0 Å². The summed E-state index contributed by atoms with van der Waals surface area (Å²) in [5.41, 5.74) is 28.9. The molecule has 0 amide bonds. The molecular formula is C80H86BN3O. The second-order valence-corrected chi connectivity index (χ2v) is 31.9. The van der Waals surface area contributed by atoms with Gasteiger partial charge in [0.1, 0.15) is 5.58 Å². The highest BCUT2D eigenvalue weighted by Gasteiger charge is 2.59. The van der Waals surface area contributed by atoms with Gasteiger partial charge >= 0.3 is 0 Å². The molecule has 1 fully saturated rings. The van der Waals surface area contributed by atoms with Gasteiger partial charge in [0.25, 0.3) is 6.71 Å². The van der Waals surface area contributed by atoms with Crippen molar-refractivity contribution in [2.45, 2.75) is 205 Å². The van der Waals surface area contributed by atoms with Crippen molar-refractivity contribution in [3.8, 4) is 11.1 Å². The Balaban J connectivity index is 1.07. The third-order valence-electron chi connectivity index (χ3n) is 24.2. The van der Waals surface area contributed by atoms with Gasteiger partial charge in [0, 0.05) is 56.0 Å². The standard InChI is InChI=1S/C80H86BN3O/c1-73(2)35-36-74(3,4)56-42-51(30-31-55(56)73)82-66-47-59-57(75(5,6)37-39-77(59,9)10)45-62(66)81-63-46-58-60(78(11,12)40-38-76(58,7)8)48-67(63)83(65-27-22-26-54-53-25-18-19-28-70(53)85-72(54)65)69-44-52(43-68(82)71(69)81)84-64-32-29-50(49-23-16-15-17-24-49)41-61(64)79(13)33-20-21-34-80(79,84)14/h15-19,22-32,41-48H,20-21,33-40H2,1-14H3. The van der Waals surface area contributed by atoms with Crippen LogP contribution in [0.4, 0.5) is 45.5 Å². The topological polar surface area (TPSA) is 22.9 Å². The molecule has 85 heavy (non-hydrogen) atoms. The molecule has 4 aliphatic carbocycles. The lowest BCUT2D eigenvalue weighted by Crippen LogP contribution is -2.62. The van der Waals surface area contributed by atoms with E-state index in [1.54, 1.807) is 0 Å². The predicted octanol–water partition coefficient (Wildman–Crippen LogP) is 20.1. The largest absolute Gasteiger partial charge is 0.454 e. The van der Waals surface area contributed by atoms with Gasteiger partial charge in [-0.1, -0.05) is 188 Å². The molecule has 16 rings (SSSR count). The molecule has 0 bridgehead atoms. The zero-order valence-electron chi connectivity index (χ0n) is 53.3. The summed E-state index contributed by atoms with van der Waals surface area (Å²) in [6.45, 7) is 35.3. The average molecular weight is 1120 g/mol. The summed E-state index contributed by atoms with van der Waals surface area (Å²) in [6.07, 6.45) is 11.6. The second-order valence-electron chi connectivity index (χ2n) is 31.9. The van der Waals surface area contributed by atoms with Crippen LogP contribution in [0.25, 0.3) is 33.1 Å². The van der Waals surface area contributed by atoms with Gasteiger partial charge in [-0.3, -0.25) is 0 Å². The Labute approximate surface area is 507 Å². The van der Waals surface area contributed by atoms with Crippen LogP contribution in [0.15, 0.2) is 150 Å². The molecule has 0 saturated heterocycles. The lowest BCUT2D eigenvalue weighted by molar-refractivity contribution is 0.195. The maximum absolute atomic E-state index is 7.25. The summed E-state index contributed by atoms with van der Waals surface area (Å²) in [6, 6.07) is 58.1. The Morgan fingerprint density at radius 1 is 0.353 bits per heavy atom. The first-order valence-electron chi connectivity index (χ1n) is 32.5. The van der Waals surface area contributed by atoms with Gasteiger partial charge in [0.05, 0.1) is 11.2 Å². The average Bonchev–Trinajstić information content (AvgIpc) is 1.58. The van der Waals surface area contributed by atoms with Crippen molar-refractivity contribution >= 4 is 90.5 Å². The molecule has 3 aliphatic heterocycles. The summed E-state index contributed by atoms with van der Waals surface area (Å²) in [7, 11) is 0. The highest BCUT2D eigenvalue weighted by molar-refractivity contribution is 7.00. The van der Waals surface area contributed by atoms with Crippen LogP contribution in [0.1, 0.15) is 200 Å². The van der Waals surface area contributed by atoms with Crippen molar-refractivity contribution in [1.29, 1.82) is 0 Å². The molecule has 430 valence electrons. The fourth-order valence-corrected chi connectivity index (χ4v) is 18.3. The highest BCUT2D eigenvalue weighted by atomic mass is 16.3. The van der Waals surface area contributed by atoms with Gasteiger partial charge < -0.3 is 19.1 Å². The molecule has 1 aromatic heterocycles. The van der Waals surface area contributed by atoms with Crippen LogP contribution in [0.2, 0.25) is 0 Å². The number of para-hydroxylation sites is 2. The van der Waals surface area contributed by atoms with Gasteiger partial charge in [-0.15, -0.1) is 0 Å². The first-order chi connectivity index (χ1) is 40.3. The van der Waals surface area contributed by atoms with Crippen LogP contribution in [0.5, 0.6) is 0 Å². The summed E-state index contributed by atoms with van der Waals surface area (Å²) < 4.78 is 7.25. The van der Waals surface area contributed by atoms with Crippen molar-refractivity contribution in [3.05, 3.63) is 185 Å². The van der Waals surface area contributed by atoms with E-state index in [2.05, 4.69) is 257 Å². The lowest BCUT2D eigenvalue weighted by atomic mass is 9.32. The van der Waals surface area contributed by atoms with E-state index in [-0.39, 0.29) is 50.2 Å². The third-order valence-corrected chi connectivity index (χ3v) is 24.2. The van der Waals surface area contributed by atoms with E-state index in [9.17, 15) is 0 Å². The van der Waals surface area contributed by atoms with Crippen LogP contribution >= 0.6 is 0 Å². The van der Waals surface area contributed by atoms with Crippen molar-refractivity contribution in [2.24, 2.45) is 0 Å². The first-order valence-corrected chi connectivity index (χ1v) is 32.5. The second kappa shape index (κ2) is 17.4. The SMILES string of the molecule is CC1(C)CCC(C)(C)c2cc(N3c4cc5c(cc4B4c6cc7c(cc6N(c6cccc8c6oc6ccccc68)c6cc(N8c9ccc(-c%10ccccc%10)cc9C9(C)CCCCC89C)cc3c64)C(C)(C)CCC7(C)C)C(C)(C)CCC5(C)C)ccc21. The smallest absolute Gasteiger partial charge is 0.252 e. The van der Waals surface area contributed by atoms with E-state index in [0.717, 1.165) is 72.6 Å². The summed E-state index contributed by atoms with van der Waals surface area (Å²) in [5.74, 6) is 0. The minimum Gasteiger partial charge on any atom is -0.454 e. The van der Waals surface area contributed by atoms with E-state index in [0.29, 0.717) is 0 Å². The Bertz CT molecular complexity index is 4340. The fraction of sp³-hybridized carbons (Fsp3) is 0.400. The number of furan rings is 1. The minimum absolute atomic E-state index is 0.000181. The maximum atomic E-state index is 7.25. The maximum Gasteiger partial charge on any atom is 0.252 e. The minimum atomic E-state index is -0.207. The molecule has 8 aromatic carbocycles. The van der Waals surface area contributed by atoms with E-state index < -0.39 is 0 Å². The van der Waals surface area contributed by atoms with Crippen molar-refractivity contribution in [2.75, 3.05) is 14.7 Å². The number of benzene rings is 8. The normalized spacial score (nSPS) is 23.7. The quantitative estimate of drug-likeness (QED) is 0.164. The zero-order valence-corrected chi connectivity index (χ0v) is 53.3. The first kappa shape index (κ1) is 53.5.